The van der Waals surface area contributed by atoms with Gasteiger partial charge >= 0.3 is 5.97 Å². The van der Waals surface area contributed by atoms with Crippen molar-refractivity contribution in [2.45, 2.75) is 59.3 Å². The Bertz CT molecular complexity index is 211. The molecule has 0 aliphatic heterocycles. The van der Waals surface area contributed by atoms with Gasteiger partial charge in [0.15, 0.2) is 0 Å². The predicted octanol–water partition coefficient (Wildman–Crippen LogP) is 3.12. The summed E-state index contributed by atoms with van der Waals surface area (Å²) in [5.74, 6) is 0.229. The third kappa shape index (κ3) is 6.59. The van der Waals surface area contributed by atoms with E-state index in [0.717, 1.165) is 25.7 Å². The second-order valence-electron chi connectivity index (χ2n) is 4.00. The van der Waals surface area contributed by atoms with Crippen LogP contribution in [0.3, 0.4) is 0 Å². The maximum Gasteiger partial charge on any atom is 0.308 e. The Morgan fingerprint density at radius 3 is 2.31 bits per heavy atom. The van der Waals surface area contributed by atoms with Crippen LogP contribution in [-0.2, 0) is 14.3 Å². The molecule has 0 aromatic rings. The van der Waals surface area contributed by atoms with Crippen LogP contribution < -0.4 is 0 Å². The fourth-order valence-electron chi connectivity index (χ4n) is 1.64. The number of unbranched alkanes of at least 4 members (excludes halogenated alkanes) is 1. The molecule has 1 unspecified atom stereocenters. The standard InChI is InChI=1S/C13H24O3/c1-4-11(13(15)16-6-3)9-7-8-10-12(14)5-2/h11H,4-10H2,1-3H3. The molecule has 0 saturated heterocycles. The zero-order valence-electron chi connectivity index (χ0n) is 10.8. The van der Waals surface area contributed by atoms with E-state index in [1.807, 2.05) is 20.8 Å². The van der Waals surface area contributed by atoms with Gasteiger partial charge in [0.1, 0.15) is 5.78 Å². The molecule has 0 saturated carbocycles. The summed E-state index contributed by atoms with van der Waals surface area (Å²) >= 11 is 0. The van der Waals surface area contributed by atoms with Crippen LogP contribution in [-0.4, -0.2) is 18.4 Å². The van der Waals surface area contributed by atoms with Crippen LogP contribution in [0.15, 0.2) is 0 Å². The summed E-state index contributed by atoms with van der Waals surface area (Å²) < 4.78 is 4.99. The normalized spacial score (nSPS) is 12.2. The van der Waals surface area contributed by atoms with E-state index >= 15 is 0 Å². The molecule has 1 atom stereocenters. The van der Waals surface area contributed by atoms with E-state index in [1.54, 1.807) is 0 Å². The largest absolute Gasteiger partial charge is 0.466 e. The molecule has 0 amide bonds. The summed E-state index contributed by atoms with van der Waals surface area (Å²) in [6.45, 7) is 6.16. The van der Waals surface area contributed by atoms with Crippen molar-refractivity contribution in [3.8, 4) is 0 Å². The van der Waals surface area contributed by atoms with Crippen molar-refractivity contribution in [2.75, 3.05) is 6.61 Å². The summed E-state index contributed by atoms with van der Waals surface area (Å²) in [5, 5.41) is 0. The molecule has 0 N–H and O–H groups in total. The van der Waals surface area contributed by atoms with Crippen LogP contribution in [0.2, 0.25) is 0 Å². The molecule has 94 valence electrons. The van der Waals surface area contributed by atoms with Gasteiger partial charge in [-0.3, -0.25) is 9.59 Å². The van der Waals surface area contributed by atoms with E-state index in [4.69, 9.17) is 4.74 Å². The van der Waals surface area contributed by atoms with E-state index in [1.165, 1.54) is 0 Å². The molecule has 0 rings (SSSR count). The average molecular weight is 228 g/mol. The molecule has 0 bridgehead atoms. The molecule has 0 aromatic carbocycles. The Morgan fingerprint density at radius 1 is 1.12 bits per heavy atom. The van der Waals surface area contributed by atoms with Gasteiger partial charge in [0.05, 0.1) is 12.5 Å². The number of carbonyl (C=O) groups is 2. The summed E-state index contributed by atoms with van der Waals surface area (Å²) in [4.78, 5) is 22.5. The molecular weight excluding hydrogens is 204 g/mol. The summed E-state index contributed by atoms with van der Waals surface area (Å²) in [6.07, 6.45) is 4.75. The van der Waals surface area contributed by atoms with Crippen LogP contribution in [0.25, 0.3) is 0 Å². The van der Waals surface area contributed by atoms with Gasteiger partial charge in [-0.1, -0.05) is 20.3 Å². The minimum absolute atomic E-state index is 0.0108. The lowest BCUT2D eigenvalue weighted by Gasteiger charge is -2.12. The highest BCUT2D eigenvalue weighted by Crippen LogP contribution is 2.15. The number of hydrogen-bond donors (Lipinski definition) is 0. The maximum atomic E-state index is 11.5. The maximum absolute atomic E-state index is 11.5. The number of ketones is 1. The summed E-state index contributed by atoms with van der Waals surface area (Å²) in [6, 6.07) is 0. The van der Waals surface area contributed by atoms with Crippen LogP contribution in [0.5, 0.6) is 0 Å². The lowest BCUT2D eigenvalue weighted by Crippen LogP contribution is -2.17. The van der Waals surface area contributed by atoms with Gasteiger partial charge in [-0.25, -0.2) is 0 Å². The van der Waals surface area contributed by atoms with E-state index in [9.17, 15) is 9.59 Å². The highest BCUT2D eigenvalue weighted by atomic mass is 16.5. The number of Topliss-reactive ketones (excluding diaryl/α,β-unsaturated/α-hetero) is 1. The zero-order chi connectivity index (χ0) is 12.4. The van der Waals surface area contributed by atoms with Crippen molar-refractivity contribution in [1.82, 2.24) is 0 Å². The van der Waals surface area contributed by atoms with Crippen molar-refractivity contribution in [3.05, 3.63) is 0 Å². The molecule has 0 spiro atoms. The SMILES string of the molecule is CCOC(=O)C(CC)CCCCC(=O)CC. The van der Waals surface area contributed by atoms with Crippen LogP contribution in [0.1, 0.15) is 59.3 Å². The molecule has 0 aliphatic rings. The second kappa shape index (κ2) is 9.37. The van der Waals surface area contributed by atoms with Gasteiger partial charge in [0, 0.05) is 12.8 Å². The van der Waals surface area contributed by atoms with Gasteiger partial charge in [0.25, 0.3) is 0 Å². The summed E-state index contributed by atoms with van der Waals surface area (Å²) in [5.41, 5.74) is 0. The van der Waals surface area contributed by atoms with Gasteiger partial charge in [-0.2, -0.15) is 0 Å². The van der Waals surface area contributed by atoms with Crippen molar-refractivity contribution < 1.29 is 14.3 Å². The number of carbonyl (C=O) groups excluding carboxylic acids is 2. The van der Waals surface area contributed by atoms with Crippen LogP contribution >= 0.6 is 0 Å². The Hall–Kier alpha value is -0.860. The number of rotatable bonds is 9. The topological polar surface area (TPSA) is 43.4 Å². The average Bonchev–Trinajstić information content (AvgIpc) is 2.29. The third-order valence-electron chi connectivity index (χ3n) is 2.77. The van der Waals surface area contributed by atoms with Crippen molar-refractivity contribution in [3.63, 3.8) is 0 Å². The smallest absolute Gasteiger partial charge is 0.308 e. The number of esters is 1. The molecule has 3 heteroatoms. The lowest BCUT2D eigenvalue weighted by atomic mass is 9.98. The molecule has 3 nitrogen and oxygen atoms in total. The Balaban J connectivity index is 3.70. The fraction of sp³-hybridized carbons (Fsp3) is 0.846. The lowest BCUT2D eigenvalue weighted by molar-refractivity contribution is -0.148. The van der Waals surface area contributed by atoms with E-state index in [-0.39, 0.29) is 11.9 Å². The predicted molar refractivity (Wildman–Crippen MR) is 64.2 cm³/mol. The minimum Gasteiger partial charge on any atom is -0.466 e. The van der Waals surface area contributed by atoms with Gasteiger partial charge in [-0.15, -0.1) is 0 Å². The quantitative estimate of drug-likeness (QED) is 0.450. The second-order valence-corrected chi connectivity index (χ2v) is 4.00. The first-order valence-electron chi connectivity index (χ1n) is 6.33. The molecule has 0 radical (unpaired) electrons. The van der Waals surface area contributed by atoms with Crippen LogP contribution in [0.4, 0.5) is 0 Å². The highest BCUT2D eigenvalue weighted by Gasteiger charge is 2.16. The monoisotopic (exact) mass is 228 g/mol. The molecule has 0 aliphatic carbocycles. The van der Waals surface area contributed by atoms with Crippen molar-refractivity contribution in [2.24, 2.45) is 5.92 Å². The first-order chi connectivity index (χ1) is 7.65. The highest BCUT2D eigenvalue weighted by molar-refractivity contribution is 5.77. The van der Waals surface area contributed by atoms with E-state index in [0.29, 0.717) is 25.2 Å². The minimum atomic E-state index is -0.0909. The van der Waals surface area contributed by atoms with Gasteiger partial charge in [-0.05, 0) is 26.2 Å². The van der Waals surface area contributed by atoms with E-state index in [2.05, 4.69) is 0 Å². The van der Waals surface area contributed by atoms with Gasteiger partial charge < -0.3 is 4.74 Å². The van der Waals surface area contributed by atoms with Crippen molar-refractivity contribution >= 4 is 11.8 Å². The van der Waals surface area contributed by atoms with Gasteiger partial charge in [0.2, 0.25) is 0 Å². The summed E-state index contributed by atoms with van der Waals surface area (Å²) in [7, 11) is 0. The Labute approximate surface area is 98.6 Å². The number of ether oxygens (including phenoxy) is 1. The zero-order valence-corrected chi connectivity index (χ0v) is 10.8. The molecule has 16 heavy (non-hydrogen) atoms. The van der Waals surface area contributed by atoms with Crippen LogP contribution in [0, 0.1) is 5.92 Å². The molecule has 0 fully saturated rings. The molecule has 0 aromatic heterocycles. The Kier molecular flexibility index (Phi) is 8.87. The third-order valence-corrected chi connectivity index (χ3v) is 2.77. The first-order valence-corrected chi connectivity index (χ1v) is 6.33. The van der Waals surface area contributed by atoms with E-state index < -0.39 is 0 Å². The fourth-order valence-corrected chi connectivity index (χ4v) is 1.64. The van der Waals surface area contributed by atoms with Crippen molar-refractivity contribution in [1.29, 1.82) is 0 Å². The first kappa shape index (κ1) is 15.1. The molecular formula is C13H24O3. The number of hydrogen-bond acceptors (Lipinski definition) is 3. The molecule has 0 heterocycles. The Morgan fingerprint density at radius 2 is 1.81 bits per heavy atom.